The molecule has 2 heterocycles. The minimum absolute atomic E-state index is 0.0836. The SMILES string of the molecule is Cn1cc(-c2cccc(-n3ncc(C(=O)O)n3)c2)ccc1=O. The van der Waals surface area contributed by atoms with E-state index >= 15 is 0 Å². The Morgan fingerprint density at radius 2 is 2.00 bits per heavy atom. The number of carbonyl (C=O) groups is 1. The first kappa shape index (κ1) is 13.7. The highest BCUT2D eigenvalue weighted by Crippen LogP contribution is 2.20. The lowest BCUT2D eigenvalue weighted by Crippen LogP contribution is -2.13. The van der Waals surface area contributed by atoms with Gasteiger partial charge in [-0.3, -0.25) is 4.79 Å². The maximum absolute atomic E-state index is 11.4. The third-order valence-corrected chi connectivity index (χ3v) is 3.21. The van der Waals surface area contributed by atoms with Crippen molar-refractivity contribution in [3.8, 4) is 16.8 Å². The summed E-state index contributed by atoms with van der Waals surface area (Å²) in [5.41, 5.74) is 2.18. The van der Waals surface area contributed by atoms with Gasteiger partial charge in [-0.2, -0.15) is 9.90 Å². The quantitative estimate of drug-likeness (QED) is 0.787. The molecule has 3 aromatic rings. The molecule has 0 amide bonds. The van der Waals surface area contributed by atoms with Gasteiger partial charge in [-0.15, -0.1) is 5.10 Å². The predicted octanol–water partition coefficient (Wildman–Crippen LogP) is 1.33. The largest absolute Gasteiger partial charge is 0.476 e. The minimum Gasteiger partial charge on any atom is -0.476 e. The Bertz CT molecular complexity index is 911. The molecule has 0 saturated heterocycles. The van der Waals surface area contributed by atoms with Crippen LogP contribution in [0.25, 0.3) is 16.8 Å². The van der Waals surface area contributed by atoms with E-state index in [1.165, 1.54) is 21.6 Å². The van der Waals surface area contributed by atoms with Crippen molar-refractivity contribution in [3.63, 3.8) is 0 Å². The maximum atomic E-state index is 11.4. The number of benzene rings is 1. The van der Waals surface area contributed by atoms with Crippen LogP contribution >= 0.6 is 0 Å². The molecule has 0 radical (unpaired) electrons. The Morgan fingerprint density at radius 1 is 1.18 bits per heavy atom. The normalized spacial score (nSPS) is 10.6. The molecule has 7 heteroatoms. The summed E-state index contributed by atoms with van der Waals surface area (Å²) in [6, 6.07) is 10.5. The number of hydrogen-bond donors (Lipinski definition) is 1. The minimum atomic E-state index is -1.12. The van der Waals surface area contributed by atoms with Crippen LogP contribution in [0.15, 0.2) is 53.6 Å². The van der Waals surface area contributed by atoms with Crippen molar-refractivity contribution in [1.82, 2.24) is 19.6 Å². The third kappa shape index (κ3) is 2.51. The summed E-state index contributed by atoms with van der Waals surface area (Å²) in [6.07, 6.45) is 2.93. The van der Waals surface area contributed by atoms with Crippen LogP contribution < -0.4 is 5.56 Å². The van der Waals surface area contributed by atoms with Gasteiger partial charge in [0, 0.05) is 19.3 Å². The van der Waals surface area contributed by atoms with Crippen molar-refractivity contribution >= 4 is 5.97 Å². The molecule has 2 aromatic heterocycles. The lowest BCUT2D eigenvalue weighted by atomic mass is 10.1. The van der Waals surface area contributed by atoms with E-state index in [9.17, 15) is 9.59 Å². The average Bonchev–Trinajstić information content (AvgIpc) is 3.00. The summed E-state index contributed by atoms with van der Waals surface area (Å²) in [6.45, 7) is 0. The van der Waals surface area contributed by atoms with E-state index in [0.29, 0.717) is 5.69 Å². The molecule has 1 N–H and O–H groups in total. The van der Waals surface area contributed by atoms with Crippen LogP contribution in [0.5, 0.6) is 0 Å². The van der Waals surface area contributed by atoms with E-state index in [-0.39, 0.29) is 11.3 Å². The molecule has 0 atom stereocenters. The Morgan fingerprint density at radius 3 is 2.68 bits per heavy atom. The summed E-state index contributed by atoms with van der Waals surface area (Å²) >= 11 is 0. The van der Waals surface area contributed by atoms with Crippen molar-refractivity contribution in [2.24, 2.45) is 7.05 Å². The molecule has 7 nitrogen and oxygen atoms in total. The van der Waals surface area contributed by atoms with E-state index in [0.717, 1.165) is 11.1 Å². The molecule has 0 bridgehead atoms. The molecule has 0 fully saturated rings. The molecule has 0 aliphatic heterocycles. The Labute approximate surface area is 125 Å². The zero-order valence-electron chi connectivity index (χ0n) is 11.7. The number of nitrogens with zero attached hydrogens (tertiary/aromatic N) is 4. The van der Waals surface area contributed by atoms with Gasteiger partial charge in [0.15, 0.2) is 5.69 Å². The highest BCUT2D eigenvalue weighted by atomic mass is 16.4. The smallest absolute Gasteiger partial charge is 0.358 e. The summed E-state index contributed by atoms with van der Waals surface area (Å²) in [4.78, 5) is 23.6. The number of rotatable bonds is 3. The summed E-state index contributed by atoms with van der Waals surface area (Å²) in [5, 5.41) is 16.7. The maximum Gasteiger partial charge on any atom is 0.358 e. The third-order valence-electron chi connectivity index (χ3n) is 3.21. The summed E-state index contributed by atoms with van der Waals surface area (Å²) in [7, 11) is 1.68. The Balaban J connectivity index is 2.03. The number of pyridine rings is 1. The lowest BCUT2D eigenvalue weighted by molar-refractivity contribution is 0.0690. The Hall–Kier alpha value is -3.22. The van der Waals surface area contributed by atoms with Crippen LogP contribution in [0, 0.1) is 0 Å². The molecule has 22 heavy (non-hydrogen) atoms. The molecule has 0 spiro atoms. The van der Waals surface area contributed by atoms with Crippen LogP contribution in [0.3, 0.4) is 0 Å². The van der Waals surface area contributed by atoms with Crippen molar-refractivity contribution < 1.29 is 9.90 Å². The zero-order chi connectivity index (χ0) is 15.7. The number of aromatic carboxylic acids is 1. The first-order valence-corrected chi connectivity index (χ1v) is 6.48. The average molecular weight is 296 g/mol. The first-order chi connectivity index (χ1) is 10.5. The topological polar surface area (TPSA) is 90.0 Å². The van der Waals surface area contributed by atoms with E-state index in [2.05, 4.69) is 10.2 Å². The van der Waals surface area contributed by atoms with Gasteiger partial charge in [0.2, 0.25) is 5.56 Å². The van der Waals surface area contributed by atoms with Crippen molar-refractivity contribution in [1.29, 1.82) is 0 Å². The van der Waals surface area contributed by atoms with Crippen LogP contribution in [-0.4, -0.2) is 30.6 Å². The van der Waals surface area contributed by atoms with Gasteiger partial charge in [0.25, 0.3) is 0 Å². The van der Waals surface area contributed by atoms with Gasteiger partial charge in [0.05, 0.1) is 11.9 Å². The predicted molar refractivity (Wildman–Crippen MR) is 79.0 cm³/mol. The van der Waals surface area contributed by atoms with Crippen molar-refractivity contribution in [2.45, 2.75) is 0 Å². The molecule has 3 rings (SSSR count). The highest BCUT2D eigenvalue weighted by molar-refractivity contribution is 5.84. The van der Waals surface area contributed by atoms with E-state index in [4.69, 9.17) is 5.11 Å². The molecule has 0 unspecified atom stereocenters. The van der Waals surface area contributed by atoms with Crippen molar-refractivity contribution in [2.75, 3.05) is 0 Å². The molecule has 110 valence electrons. The Kier molecular flexibility index (Phi) is 3.30. The van der Waals surface area contributed by atoms with Gasteiger partial charge < -0.3 is 9.67 Å². The van der Waals surface area contributed by atoms with Gasteiger partial charge in [0.1, 0.15) is 0 Å². The zero-order valence-corrected chi connectivity index (χ0v) is 11.7. The van der Waals surface area contributed by atoms with Gasteiger partial charge in [-0.1, -0.05) is 12.1 Å². The van der Waals surface area contributed by atoms with Crippen LogP contribution in [0.1, 0.15) is 10.5 Å². The summed E-state index contributed by atoms with van der Waals surface area (Å²) in [5.74, 6) is -1.12. The molecular weight excluding hydrogens is 284 g/mol. The molecule has 0 saturated carbocycles. The number of carboxylic acids is 1. The summed E-state index contributed by atoms with van der Waals surface area (Å²) < 4.78 is 1.50. The van der Waals surface area contributed by atoms with E-state index in [1.807, 2.05) is 18.2 Å². The van der Waals surface area contributed by atoms with Crippen LogP contribution in [0.2, 0.25) is 0 Å². The first-order valence-electron chi connectivity index (χ1n) is 6.48. The van der Waals surface area contributed by atoms with Crippen LogP contribution in [0.4, 0.5) is 0 Å². The second-order valence-electron chi connectivity index (χ2n) is 4.74. The fourth-order valence-corrected chi connectivity index (χ4v) is 2.06. The number of aryl methyl sites for hydroxylation is 1. The highest BCUT2D eigenvalue weighted by Gasteiger charge is 2.10. The van der Waals surface area contributed by atoms with Gasteiger partial charge in [-0.05, 0) is 29.3 Å². The fourth-order valence-electron chi connectivity index (χ4n) is 2.06. The van der Waals surface area contributed by atoms with Gasteiger partial charge in [-0.25, -0.2) is 4.79 Å². The molecule has 0 aliphatic carbocycles. The second kappa shape index (κ2) is 5.28. The van der Waals surface area contributed by atoms with Crippen molar-refractivity contribution in [3.05, 3.63) is 64.8 Å². The van der Waals surface area contributed by atoms with Crippen LogP contribution in [-0.2, 0) is 7.05 Å². The second-order valence-corrected chi connectivity index (χ2v) is 4.74. The number of aromatic nitrogens is 4. The number of hydrogen-bond acceptors (Lipinski definition) is 4. The molecule has 0 aliphatic rings. The lowest BCUT2D eigenvalue weighted by Gasteiger charge is -2.06. The van der Waals surface area contributed by atoms with Gasteiger partial charge >= 0.3 is 5.97 Å². The molecule has 1 aromatic carbocycles. The van der Waals surface area contributed by atoms with E-state index in [1.54, 1.807) is 25.4 Å². The fraction of sp³-hybridized carbons (Fsp3) is 0.0667. The monoisotopic (exact) mass is 296 g/mol. The standard InChI is InChI=1S/C15H12N4O3/c1-18-9-11(5-6-14(18)20)10-3-2-4-12(7-10)19-16-8-13(17-19)15(21)22/h2-9H,1H3,(H,21,22). The number of carboxylic acid groups (broad SMARTS) is 1. The van der Waals surface area contributed by atoms with E-state index < -0.39 is 5.97 Å². The molecular formula is C15H12N4O3.